The lowest BCUT2D eigenvalue weighted by Gasteiger charge is -2.31. The van der Waals surface area contributed by atoms with Crippen molar-refractivity contribution < 1.29 is 0 Å². The Morgan fingerprint density at radius 3 is 1.96 bits per heavy atom. The summed E-state index contributed by atoms with van der Waals surface area (Å²) in [6.45, 7) is 21.0. The Labute approximate surface area is 166 Å². The van der Waals surface area contributed by atoms with E-state index in [4.69, 9.17) is 0 Å². The van der Waals surface area contributed by atoms with E-state index in [1.54, 1.807) is 0 Å². The van der Waals surface area contributed by atoms with Crippen molar-refractivity contribution in [3.63, 3.8) is 0 Å². The molecule has 0 N–H and O–H groups in total. The Balaban J connectivity index is 2.17. The largest absolute Gasteiger partial charge is 0.344 e. The Morgan fingerprint density at radius 2 is 1.44 bits per heavy atom. The van der Waals surface area contributed by atoms with Gasteiger partial charge in [0.15, 0.2) is 0 Å². The summed E-state index contributed by atoms with van der Waals surface area (Å²) in [6, 6.07) is 11.6. The Kier molecular flexibility index (Phi) is 4.53. The van der Waals surface area contributed by atoms with E-state index >= 15 is 0 Å². The first kappa shape index (κ1) is 20.0. The van der Waals surface area contributed by atoms with E-state index in [1.165, 1.54) is 45.6 Å². The van der Waals surface area contributed by atoms with Crippen molar-refractivity contribution in [1.29, 1.82) is 0 Å². The number of hydrogen-bond acceptors (Lipinski definition) is 1. The van der Waals surface area contributed by atoms with Crippen molar-refractivity contribution in [2.45, 2.75) is 85.0 Å². The predicted molar refractivity (Wildman–Crippen MR) is 120 cm³/mol. The Morgan fingerprint density at radius 1 is 0.889 bits per heavy atom. The van der Waals surface area contributed by atoms with Crippen LogP contribution in [0.2, 0.25) is 0 Å². The maximum absolute atomic E-state index is 2.43. The number of rotatable bonds is 2. The quantitative estimate of drug-likeness (QED) is 0.540. The van der Waals surface area contributed by atoms with Gasteiger partial charge in [-0.3, -0.25) is 0 Å². The first-order chi connectivity index (χ1) is 12.3. The van der Waals surface area contributed by atoms with Crippen molar-refractivity contribution in [2.75, 3.05) is 11.9 Å². The minimum Gasteiger partial charge on any atom is -0.344 e. The normalized spacial score (nSPS) is 17.7. The molecule has 0 spiro atoms. The lowest BCUT2D eigenvalue weighted by atomic mass is 9.81. The van der Waals surface area contributed by atoms with Crippen molar-refractivity contribution in [1.82, 2.24) is 0 Å². The molecule has 1 aliphatic rings. The molecular weight excluding hydrogens is 326 g/mol. The molecule has 0 bridgehead atoms. The van der Waals surface area contributed by atoms with Crippen molar-refractivity contribution >= 4 is 11.4 Å². The highest BCUT2D eigenvalue weighted by molar-refractivity contribution is 5.75. The number of hydrogen-bond donors (Lipinski definition) is 0. The van der Waals surface area contributed by atoms with E-state index in [0.29, 0.717) is 0 Å². The SMILES string of the molecule is Cc1cc(C(C)(C)C)cc(C)c1N(C)c1cccc2c1C(C)(C)CC2(C)C. The molecule has 1 aliphatic carbocycles. The molecular formula is C26H37N. The molecule has 0 heterocycles. The molecule has 0 saturated carbocycles. The molecule has 1 nitrogen and oxygen atoms in total. The van der Waals surface area contributed by atoms with Gasteiger partial charge >= 0.3 is 0 Å². The van der Waals surface area contributed by atoms with Gasteiger partial charge in [-0.05, 0) is 70.4 Å². The summed E-state index contributed by atoms with van der Waals surface area (Å²) in [5, 5.41) is 0. The fourth-order valence-corrected chi connectivity index (χ4v) is 5.42. The van der Waals surface area contributed by atoms with Crippen LogP contribution in [0.25, 0.3) is 0 Å². The molecule has 0 saturated heterocycles. The van der Waals surface area contributed by atoms with Crippen LogP contribution in [-0.4, -0.2) is 7.05 Å². The second kappa shape index (κ2) is 6.12. The zero-order valence-electron chi connectivity index (χ0n) is 19.0. The van der Waals surface area contributed by atoms with Crippen molar-refractivity contribution in [3.05, 3.63) is 58.1 Å². The van der Waals surface area contributed by atoms with Crippen LogP contribution in [0.1, 0.15) is 82.7 Å². The third kappa shape index (κ3) is 3.30. The molecule has 146 valence electrons. The second-order valence-electron chi connectivity index (χ2n) is 10.9. The standard InChI is InChI=1S/C26H37N/c1-17-14-19(24(3,4)5)15-18(2)23(17)27(10)21-13-11-12-20-22(21)26(8,9)16-25(20,6)7/h11-15H,16H2,1-10H3. The van der Waals surface area contributed by atoms with Gasteiger partial charge in [0.05, 0.1) is 0 Å². The van der Waals surface area contributed by atoms with Crippen molar-refractivity contribution in [3.8, 4) is 0 Å². The highest BCUT2D eigenvalue weighted by Crippen LogP contribution is 2.53. The molecule has 0 amide bonds. The van der Waals surface area contributed by atoms with Crippen LogP contribution in [0.15, 0.2) is 30.3 Å². The van der Waals surface area contributed by atoms with E-state index < -0.39 is 0 Å². The molecule has 0 aromatic heterocycles. The summed E-state index contributed by atoms with van der Waals surface area (Å²) in [5.41, 5.74) is 10.5. The third-order valence-electron chi connectivity index (χ3n) is 6.39. The van der Waals surface area contributed by atoms with Gasteiger partial charge in [0.25, 0.3) is 0 Å². The molecule has 0 fully saturated rings. The van der Waals surface area contributed by atoms with Gasteiger partial charge < -0.3 is 4.90 Å². The summed E-state index contributed by atoms with van der Waals surface area (Å²) in [5.74, 6) is 0. The van der Waals surface area contributed by atoms with Crippen LogP contribution in [0.4, 0.5) is 11.4 Å². The summed E-state index contributed by atoms with van der Waals surface area (Å²) >= 11 is 0. The number of fused-ring (bicyclic) bond motifs is 1. The van der Waals surface area contributed by atoms with Crippen LogP contribution >= 0.6 is 0 Å². The average Bonchev–Trinajstić information content (AvgIpc) is 2.70. The predicted octanol–water partition coefficient (Wildman–Crippen LogP) is 7.33. The van der Waals surface area contributed by atoms with E-state index in [0.717, 1.165) is 0 Å². The molecule has 0 unspecified atom stereocenters. The molecule has 2 aromatic carbocycles. The van der Waals surface area contributed by atoms with Gasteiger partial charge in [0.1, 0.15) is 0 Å². The number of nitrogens with zero attached hydrogens (tertiary/aromatic N) is 1. The zero-order valence-corrected chi connectivity index (χ0v) is 19.0. The first-order valence-corrected chi connectivity index (χ1v) is 10.3. The van der Waals surface area contributed by atoms with E-state index in [9.17, 15) is 0 Å². The number of anilines is 2. The molecule has 0 atom stereocenters. The molecule has 0 aliphatic heterocycles. The highest BCUT2D eigenvalue weighted by Gasteiger charge is 2.43. The maximum atomic E-state index is 2.43. The maximum Gasteiger partial charge on any atom is 0.0467 e. The highest BCUT2D eigenvalue weighted by atomic mass is 15.1. The van der Waals surface area contributed by atoms with Crippen LogP contribution in [0.3, 0.4) is 0 Å². The Bertz CT molecular complexity index is 855. The Hall–Kier alpha value is -1.76. The van der Waals surface area contributed by atoms with Crippen LogP contribution in [-0.2, 0) is 16.2 Å². The molecule has 0 radical (unpaired) electrons. The zero-order chi connectivity index (χ0) is 20.4. The molecule has 3 rings (SSSR count). The minimum absolute atomic E-state index is 0.173. The van der Waals surface area contributed by atoms with Gasteiger partial charge in [-0.15, -0.1) is 0 Å². The van der Waals surface area contributed by atoms with Gasteiger partial charge in [-0.25, -0.2) is 0 Å². The molecule has 27 heavy (non-hydrogen) atoms. The van der Waals surface area contributed by atoms with Gasteiger partial charge in [-0.2, -0.15) is 0 Å². The van der Waals surface area contributed by atoms with Crippen LogP contribution < -0.4 is 4.90 Å². The topological polar surface area (TPSA) is 3.24 Å². The monoisotopic (exact) mass is 363 g/mol. The second-order valence-corrected chi connectivity index (χ2v) is 10.9. The average molecular weight is 364 g/mol. The van der Waals surface area contributed by atoms with Crippen LogP contribution in [0, 0.1) is 13.8 Å². The number of aryl methyl sites for hydroxylation is 2. The first-order valence-electron chi connectivity index (χ1n) is 10.3. The minimum atomic E-state index is 0.173. The van der Waals surface area contributed by atoms with Gasteiger partial charge in [-0.1, -0.05) is 72.7 Å². The smallest absolute Gasteiger partial charge is 0.0467 e. The van der Waals surface area contributed by atoms with Crippen molar-refractivity contribution in [2.24, 2.45) is 0 Å². The summed E-state index contributed by atoms with van der Waals surface area (Å²) in [4.78, 5) is 2.43. The number of benzene rings is 2. The van der Waals surface area contributed by atoms with E-state index in [-0.39, 0.29) is 16.2 Å². The molecule has 1 heteroatoms. The molecule has 2 aromatic rings. The third-order valence-corrected chi connectivity index (χ3v) is 6.39. The van der Waals surface area contributed by atoms with E-state index in [2.05, 4.69) is 105 Å². The fraction of sp³-hybridized carbons (Fsp3) is 0.538. The lowest BCUT2D eigenvalue weighted by Crippen LogP contribution is -2.21. The summed E-state index contributed by atoms with van der Waals surface area (Å²) in [7, 11) is 2.24. The fourth-order valence-electron chi connectivity index (χ4n) is 5.42. The van der Waals surface area contributed by atoms with E-state index in [1.807, 2.05) is 0 Å². The summed E-state index contributed by atoms with van der Waals surface area (Å²) in [6.07, 6.45) is 1.20. The van der Waals surface area contributed by atoms with Crippen LogP contribution in [0.5, 0.6) is 0 Å². The van der Waals surface area contributed by atoms with Gasteiger partial charge in [0, 0.05) is 18.4 Å². The summed E-state index contributed by atoms with van der Waals surface area (Å²) < 4.78 is 0. The lowest BCUT2D eigenvalue weighted by molar-refractivity contribution is 0.403. The van der Waals surface area contributed by atoms with Gasteiger partial charge in [0.2, 0.25) is 0 Å².